The standard InChI is InChI=1S/C11H17NO.C7H7NO2/c13-7-12-11-4-8-1-9(5-11)3-10(2-8)6-11;8-7(10)5-3-1-2-4-6(5)9/h7-10H,1-6H2,(H,12,13);1-4,9H,(H2,8,10). The van der Waals surface area contributed by atoms with Crippen molar-refractivity contribution in [2.75, 3.05) is 0 Å². The molecule has 5 nitrogen and oxygen atoms in total. The highest BCUT2D eigenvalue weighted by molar-refractivity contribution is 5.95. The SMILES string of the molecule is NC(=O)c1ccccc1O.O=CNC12CC3CC(CC(C3)C1)C2. The zero-order chi connectivity index (χ0) is 16.4. The average Bonchev–Trinajstić information content (AvgIpc) is 2.46. The molecule has 4 saturated carbocycles. The molecule has 4 bridgehead atoms. The monoisotopic (exact) mass is 316 g/mol. The number of para-hydroxylation sites is 1. The van der Waals surface area contributed by atoms with E-state index in [1.54, 1.807) is 12.1 Å². The molecule has 5 heteroatoms. The second-order valence-corrected chi connectivity index (χ2v) is 7.34. The van der Waals surface area contributed by atoms with Gasteiger partial charge >= 0.3 is 0 Å². The second kappa shape index (κ2) is 6.22. The van der Waals surface area contributed by atoms with Crippen molar-refractivity contribution in [3.8, 4) is 5.75 Å². The van der Waals surface area contributed by atoms with Gasteiger partial charge in [-0.2, -0.15) is 0 Å². The van der Waals surface area contributed by atoms with E-state index >= 15 is 0 Å². The maximum absolute atomic E-state index is 10.6. The number of carbonyl (C=O) groups is 2. The number of hydrogen-bond donors (Lipinski definition) is 3. The van der Waals surface area contributed by atoms with Gasteiger partial charge in [0.05, 0.1) is 5.56 Å². The van der Waals surface area contributed by atoms with Crippen molar-refractivity contribution >= 4 is 12.3 Å². The van der Waals surface area contributed by atoms with Crippen molar-refractivity contribution in [2.45, 2.75) is 44.1 Å². The Morgan fingerprint density at radius 2 is 1.65 bits per heavy atom. The Morgan fingerprint density at radius 3 is 2.04 bits per heavy atom. The van der Waals surface area contributed by atoms with Crippen LogP contribution in [0.3, 0.4) is 0 Å². The predicted molar refractivity (Wildman–Crippen MR) is 86.7 cm³/mol. The van der Waals surface area contributed by atoms with E-state index < -0.39 is 5.91 Å². The number of nitrogens with one attached hydrogen (secondary N) is 1. The Kier molecular flexibility index (Phi) is 4.28. The Labute approximate surface area is 136 Å². The fraction of sp³-hybridized carbons (Fsp3) is 0.556. The molecule has 0 aromatic heterocycles. The highest BCUT2D eigenvalue weighted by atomic mass is 16.3. The van der Waals surface area contributed by atoms with Crippen LogP contribution in [0.2, 0.25) is 0 Å². The molecule has 4 aliphatic rings. The van der Waals surface area contributed by atoms with Gasteiger partial charge in [-0.15, -0.1) is 0 Å². The van der Waals surface area contributed by atoms with Crippen LogP contribution in [0.5, 0.6) is 5.75 Å². The molecule has 0 aliphatic heterocycles. The van der Waals surface area contributed by atoms with Crippen LogP contribution in [-0.2, 0) is 4.79 Å². The Morgan fingerprint density at radius 1 is 1.13 bits per heavy atom. The van der Waals surface area contributed by atoms with Gasteiger partial charge in [0, 0.05) is 5.54 Å². The summed E-state index contributed by atoms with van der Waals surface area (Å²) in [6.07, 6.45) is 9.04. The van der Waals surface area contributed by atoms with Crippen molar-refractivity contribution in [3.63, 3.8) is 0 Å². The van der Waals surface area contributed by atoms with Crippen LogP contribution >= 0.6 is 0 Å². The first-order valence-corrected chi connectivity index (χ1v) is 8.30. The molecule has 0 heterocycles. The van der Waals surface area contributed by atoms with E-state index in [1.165, 1.54) is 50.7 Å². The third-order valence-electron chi connectivity index (χ3n) is 5.57. The van der Waals surface area contributed by atoms with Crippen LogP contribution < -0.4 is 11.1 Å². The molecule has 0 atom stereocenters. The van der Waals surface area contributed by atoms with Crippen LogP contribution in [0.4, 0.5) is 0 Å². The maximum atomic E-state index is 10.6. The summed E-state index contributed by atoms with van der Waals surface area (Å²) in [6.45, 7) is 0. The van der Waals surface area contributed by atoms with Gasteiger partial charge in [0.25, 0.3) is 5.91 Å². The quantitative estimate of drug-likeness (QED) is 0.746. The summed E-state index contributed by atoms with van der Waals surface area (Å²) in [5.74, 6) is 2.10. The van der Waals surface area contributed by atoms with Crippen LogP contribution in [0.15, 0.2) is 24.3 Å². The normalized spacial score (nSPS) is 33.5. The van der Waals surface area contributed by atoms with Gasteiger partial charge in [-0.25, -0.2) is 0 Å². The zero-order valence-corrected chi connectivity index (χ0v) is 13.2. The molecule has 23 heavy (non-hydrogen) atoms. The first kappa shape index (κ1) is 15.8. The molecule has 124 valence electrons. The van der Waals surface area contributed by atoms with Gasteiger partial charge in [0.2, 0.25) is 6.41 Å². The number of benzene rings is 1. The lowest BCUT2D eigenvalue weighted by Gasteiger charge is -2.56. The third kappa shape index (κ3) is 3.33. The predicted octanol–water partition coefficient (Wildman–Crippen LogP) is 2.19. The van der Waals surface area contributed by atoms with Crippen molar-refractivity contribution in [2.24, 2.45) is 23.5 Å². The minimum Gasteiger partial charge on any atom is -0.507 e. The molecular formula is C18H24N2O3. The third-order valence-corrected chi connectivity index (χ3v) is 5.57. The molecule has 4 N–H and O–H groups in total. The molecule has 4 fully saturated rings. The average molecular weight is 316 g/mol. The lowest BCUT2D eigenvalue weighted by atomic mass is 9.53. The highest BCUT2D eigenvalue weighted by Gasteiger charge is 2.50. The van der Waals surface area contributed by atoms with E-state index in [0.717, 1.165) is 24.2 Å². The van der Waals surface area contributed by atoms with Crippen LogP contribution in [0.1, 0.15) is 48.9 Å². The van der Waals surface area contributed by atoms with E-state index in [9.17, 15) is 9.59 Å². The molecule has 0 saturated heterocycles. The summed E-state index contributed by atoms with van der Waals surface area (Å²) in [5.41, 5.74) is 5.30. The lowest BCUT2D eigenvalue weighted by molar-refractivity contribution is -0.114. The highest BCUT2D eigenvalue weighted by Crippen LogP contribution is 2.55. The summed E-state index contributed by atoms with van der Waals surface area (Å²) >= 11 is 0. The van der Waals surface area contributed by atoms with Crippen molar-refractivity contribution in [1.82, 2.24) is 5.32 Å². The van der Waals surface area contributed by atoms with Crippen molar-refractivity contribution in [3.05, 3.63) is 29.8 Å². The first-order chi connectivity index (χ1) is 11.0. The van der Waals surface area contributed by atoms with Gasteiger partial charge in [-0.3, -0.25) is 9.59 Å². The summed E-state index contributed by atoms with van der Waals surface area (Å²) in [6, 6.07) is 6.15. The molecule has 1 aromatic rings. The van der Waals surface area contributed by atoms with Gasteiger partial charge < -0.3 is 16.2 Å². The van der Waals surface area contributed by atoms with Crippen molar-refractivity contribution < 1.29 is 14.7 Å². The molecular weight excluding hydrogens is 292 g/mol. The Balaban J connectivity index is 0.000000142. The lowest BCUT2D eigenvalue weighted by Crippen LogP contribution is -2.57. The minimum absolute atomic E-state index is 0.0741. The summed E-state index contributed by atoms with van der Waals surface area (Å²) in [5, 5.41) is 12.1. The number of amides is 2. The van der Waals surface area contributed by atoms with Crippen LogP contribution in [0, 0.1) is 17.8 Å². The van der Waals surface area contributed by atoms with Crippen molar-refractivity contribution in [1.29, 1.82) is 0 Å². The van der Waals surface area contributed by atoms with Gasteiger partial charge in [0.15, 0.2) is 0 Å². The summed E-state index contributed by atoms with van der Waals surface area (Å²) in [7, 11) is 0. The van der Waals surface area contributed by atoms with E-state index in [1.807, 2.05) is 0 Å². The molecule has 0 spiro atoms. The fourth-order valence-electron chi connectivity index (χ4n) is 5.09. The number of carbonyl (C=O) groups excluding carboxylic acids is 2. The number of hydrogen-bond acceptors (Lipinski definition) is 3. The molecule has 2 amide bonds. The van der Waals surface area contributed by atoms with Gasteiger partial charge in [-0.05, 0) is 68.4 Å². The number of primary amides is 1. The number of nitrogens with two attached hydrogens (primary N) is 1. The molecule has 4 aliphatic carbocycles. The van der Waals surface area contributed by atoms with Gasteiger partial charge in [0.1, 0.15) is 5.75 Å². The van der Waals surface area contributed by atoms with E-state index in [4.69, 9.17) is 10.8 Å². The smallest absolute Gasteiger partial charge is 0.252 e. The number of aromatic hydroxyl groups is 1. The molecule has 0 unspecified atom stereocenters. The van der Waals surface area contributed by atoms with E-state index in [-0.39, 0.29) is 16.9 Å². The number of phenols is 1. The molecule has 1 aromatic carbocycles. The van der Waals surface area contributed by atoms with E-state index in [0.29, 0.717) is 0 Å². The van der Waals surface area contributed by atoms with Crippen LogP contribution in [0.25, 0.3) is 0 Å². The maximum Gasteiger partial charge on any atom is 0.252 e. The first-order valence-electron chi connectivity index (χ1n) is 8.30. The number of rotatable bonds is 3. The largest absolute Gasteiger partial charge is 0.507 e. The summed E-state index contributed by atoms with van der Waals surface area (Å²) in [4.78, 5) is 21.1. The second-order valence-electron chi connectivity index (χ2n) is 7.34. The van der Waals surface area contributed by atoms with Crippen LogP contribution in [-0.4, -0.2) is 23.0 Å². The Hall–Kier alpha value is -2.04. The topological polar surface area (TPSA) is 92.4 Å². The summed E-state index contributed by atoms with van der Waals surface area (Å²) < 4.78 is 0. The van der Waals surface area contributed by atoms with E-state index in [2.05, 4.69) is 5.32 Å². The zero-order valence-electron chi connectivity index (χ0n) is 13.2. The Bertz CT molecular complexity index is 564. The molecule has 5 rings (SSSR count). The fourth-order valence-corrected chi connectivity index (χ4v) is 5.09. The molecule has 0 radical (unpaired) electrons. The minimum atomic E-state index is -0.613. The van der Waals surface area contributed by atoms with Gasteiger partial charge in [-0.1, -0.05) is 12.1 Å².